The van der Waals surface area contributed by atoms with Gasteiger partial charge in [-0.05, 0) is 55.3 Å². The summed E-state index contributed by atoms with van der Waals surface area (Å²) in [5, 5.41) is 14.0. The number of anilines is 1. The summed E-state index contributed by atoms with van der Waals surface area (Å²) in [6.07, 6.45) is 5.29. The van der Waals surface area contributed by atoms with Crippen molar-refractivity contribution in [1.82, 2.24) is 20.0 Å². The second-order valence-electron chi connectivity index (χ2n) is 8.80. The summed E-state index contributed by atoms with van der Waals surface area (Å²) >= 11 is 0. The van der Waals surface area contributed by atoms with E-state index >= 15 is 0 Å². The van der Waals surface area contributed by atoms with Gasteiger partial charge in [-0.3, -0.25) is 9.59 Å². The van der Waals surface area contributed by atoms with Crippen molar-refractivity contribution >= 4 is 29.9 Å². The smallest absolute Gasteiger partial charge is 0.274 e. The topological polar surface area (TPSA) is 151 Å². The van der Waals surface area contributed by atoms with Crippen LogP contribution < -0.4 is 11.1 Å². The Balaban J connectivity index is 1.21. The first-order valence-electron chi connectivity index (χ1n) is 10.9. The largest absolute Gasteiger partial charge is 0.397 e. The van der Waals surface area contributed by atoms with Gasteiger partial charge in [-0.2, -0.15) is 4.98 Å². The first-order valence-corrected chi connectivity index (χ1v) is 10.9. The van der Waals surface area contributed by atoms with Gasteiger partial charge >= 0.3 is 0 Å². The van der Waals surface area contributed by atoms with Gasteiger partial charge in [0.1, 0.15) is 5.69 Å². The van der Waals surface area contributed by atoms with Gasteiger partial charge in [0, 0.05) is 41.9 Å². The van der Waals surface area contributed by atoms with Gasteiger partial charge < -0.3 is 25.9 Å². The molecule has 2 aromatic heterocycles. The summed E-state index contributed by atoms with van der Waals surface area (Å²) < 4.78 is 5.49. The number of aromatic nitrogens is 3. The van der Waals surface area contributed by atoms with E-state index in [9.17, 15) is 9.59 Å². The number of carbonyl (C=O) groups excluding carboxylic acids is 2. The summed E-state index contributed by atoms with van der Waals surface area (Å²) in [5.41, 5.74) is 8.40. The first kappa shape index (κ1) is 21.5. The molecule has 34 heavy (non-hydrogen) atoms. The average molecular weight is 457 g/mol. The molecule has 0 atom stereocenters. The maximum Gasteiger partial charge on any atom is 0.274 e. The Morgan fingerprint density at radius 2 is 1.88 bits per heavy atom. The molecule has 1 saturated heterocycles. The normalized spacial score (nSPS) is 17.1. The fraction of sp³-hybridized carbons (Fsp3) is 0.250. The number of allylic oxidation sites excluding steroid dienone is 1. The highest BCUT2D eigenvalue weighted by Gasteiger charge is 2.54. The van der Waals surface area contributed by atoms with Crippen molar-refractivity contribution in [2.75, 3.05) is 18.4 Å². The molecule has 3 aromatic rings. The van der Waals surface area contributed by atoms with Gasteiger partial charge in [-0.25, -0.2) is 4.98 Å². The number of carbonyl (C=O) groups is 2. The predicted octanol–water partition coefficient (Wildman–Crippen LogP) is 2.67. The first-order chi connectivity index (χ1) is 16.5. The quantitative estimate of drug-likeness (QED) is 0.364. The Morgan fingerprint density at radius 1 is 1.15 bits per heavy atom. The number of amides is 2. The molecule has 10 nitrogen and oxygen atoms in total. The molecule has 1 aliphatic heterocycles. The minimum absolute atomic E-state index is 0.215. The summed E-state index contributed by atoms with van der Waals surface area (Å²) in [6, 6.07) is 12.1. The zero-order valence-electron chi connectivity index (χ0n) is 18.3. The third-order valence-corrected chi connectivity index (χ3v) is 6.32. The molecule has 172 valence electrons. The Hall–Kier alpha value is -4.34. The summed E-state index contributed by atoms with van der Waals surface area (Å²) in [5.74, 6) is 0.992. The molecule has 2 amide bonds. The van der Waals surface area contributed by atoms with Crippen LogP contribution in [0, 0.1) is 10.8 Å². The van der Waals surface area contributed by atoms with Gasteiger partial charge in [-0.15, -0.1) is 0 Å². The lowest BCUT2D eigenvalue weighted by Crippen LogP contribution is -2.61. The molecule has 10 heteroatoms. The van der Waals surface area contributed by atoms with Crippen LogP contribution in [-0.2, 0) is 4.79 Å². The molecule has 0 bridgehead atoms. The predicted molar refractivity (Wildman–Crippen MR) is 125 cm³/mol. The number of pyridine rings is 1. The molecule has 1 saturated carbocycles. The number of nitrogens with zero attached hydrogens (tertiary/aromatic N) is 4. The lowest BCUT2D eigenvalue weighted by molar-refractivity contribution is -0.138. The van der Waals surface area contributed by atoms with E-state index in [-0.39, 0.29) is 22.9 Å². The molecule has 1 aromatic carbocycles. The minimum atomic E-state index is -0.373. The Kier molecular flexibility index (Phi) is 5.40. The Labute approximate surface area is 195 Å². The van der Waals surface area contributed by atoms with E-state index in [1.807, 2.05) is 12.1 Å². The van der Waals surface area contributed by atoms with E-state index in [2.05, 4.69) is 20.4 Å². The molecule has 4 N–H and O–H groups in total. The van der Waals surface area contributed by atoms with Crippen LogP contribution in [0.3, 0.4) is 0 Å². The summed E-state index contributed by atoms with van der Waals surface area (Å²) in [7, 11) is 0. The van der Waals surface area contributed by atoms with E-state index in [1.165, 1.54) is 6.08 Å². The monoisotopic (exact) mass is 457 g/mol. The number of hydrogen-bond donors (Lipinski definition) is 3. The van der Waals surface area contributed by atoms with Crippen molar-refractivity contribution in [3.05, 3.63) is 65.8 Å². The van der Waals surface area contributed by atoms with Gasteiger partial charge in [0.15, 0.2) is 0 Å². The van der Waals surface area contributed by atoms with Gasteiger partial charge in [0.2, 0.25) is 18.1 Å². The maximum atomic E-state index is 12.6. The van der Waals surface area contributed by atoms with Crippen molar-refractivity contribution in [3.63, 3.8) is 0 Å². The number of nitrogens with one attached hydrogen (secondary N) is 2. The van der Waals surface area contributed by atoms with E-state index in [0.29, 0.717) is 28.8 Å². The third kappa shape index (κ3) is 4.05. The fourth-order valence-electron chi connectivity index (χ4n) is 4.62. The van der Waals surface area contributed by atoms with Crippen molar-refractivity contribution in [3.8, 4) is 11.4 Å². The van der Waals surface area contributed by atoms with E-state index in [4.69, 9.17) is 15.7 Å². The molecule has 2 aliphatic rings. The van der Waals surface area contributed by atoms with Crippen LogP contribution in [0.2, 0.25) is 0 Å². The van der Waals surface area contributed by atoms with Crippen molar-refractivity contribution in [1.29, 1.82) is 5.41 Å². The van der Waals surface area contributed by atoms with Gasteiger partial charge in [0.05, 0.1) is 11.4 Å². The van der Waals surface area contributed by atoms with E-state index in [1.54, 1.807) is 35.2 Å². The van der Waals surface area contributed by atoms with Crippen LogP contribution in [-0.4, -0.2) is 51.6 Å². The van der Waals surface area contributed by atoms with Crippen LogP contribution in [0.25, 0.3) is 17.1 Å². The van der Waals surface area contributed by atoms with Crippen LogP contribution in [0.5, 0.6) is 0 Å². The lowest BCUT2D eigenvalue weighted by Gasteiger charge is -2.57. The maximum absolute atomic E-state index is 12.6. The zero-order chi connectivity index (χ0) is 23.7. The number of likely N-dealkylation sites (tertiary alicyclic amines) is 1. The second kappa shape index (κ2) is 8.54. The summed E-state index contributed by atoms with van der Waals surface area (Å²) in [6.45, 7) is 1.63. The molecule has 3 heterocycles. The van der Waals surface area contributed by atoms with Gasteiger partial charge in [0.25, 0.3) is 5.91 Å². The highest BCUT2D eigenvalue weighted by atomic mass is 16.5. The molecule has 0 unspecified atom stereocenters. The fourth-order valence-corrected chi connectivity index (χ4v) is 4.62. The van der Waals surface area contributed by atoms with Crippen molar-refractivity contribution < 1.29 is 14.1 Å². The Morgan fingerprint density at radius 3 is 2.59 bits per heavy atom. The lowest BCUT2D eigenvalue weighted by atomic mass is 9.58. The second-order valence-corrected chi connectivity index (χ2v) is 8.80. The molecule has 1 spiro atoms. The average Bonchev–Trinajstić information content (AvgIpc) is 3.28. The highest BCUT2D eigenvalue weighted by molar-refractivity contribution is 6.03. The number of rotatable bonds is 7. The van der Waals surface area contributed by atoms with Crippen LogP contribution in [0.1, 0.15) is 40.8 Å². The van der Waals surface area contributed by atoms with Crippen LogP contribution in [0.15, 0.2) is 53.1 Å². The molecular formula is C24H23N7O3. The zero-order valence-corrected chi connectivity index (χ0v) is 18.3. The van der Waals surface area contributed by atoms with Crippen LogP contribution in [0.4, 0.5) is 5.69 Å². The van der Waals surface area contributed by atoms with Gasteiger partial charge in [-0.1, -0.05) is 11.2 Å². The van der Waals surface area contributed by atoms with Crippen molar-refractivity contribution in [2.45, 2.75) is 18.8 Å². The van der Waals surface area contributed by atoms with E-state index < -0.39 is 0 Å². The Bertz CT molecular complexity index is 1270. The number of benzene rings is 1. The standard InChI is InChI=1S/C24H23N7O3/c25-9-8-18(26)19-2-1-3-20(28-19)22(33)27-17-6-4-15(5-7-17)21-29-23(34-30-21)16-10-24(11-16)12-31(13-24)14-32/h1-9,14,16,25H,10-13,26H2,(H,27,33)/b18-8-,25-9?. The summed E-state index contributed by atoms with van der Waals surface area (Å²) in [4.78, 5) is 34.0. The minimum Gasteiger partial charge on any atom is -0.397 e. The molecular weight excluding hydrogens is 434 g/mol. The SMILES string of the molecule is N=C/C=C(\N)c1cccc(C(=O)Nc2ccc(-c3noc(C4CC5(C4)CN(C=O)C5)n3)cc2)n1. The van der Waals surface area contributed by atoms with E-state index in [0.717, 1.165) is 44.1 Å². The third-order valence-electron chi connectivity index (χ3n) is 6.32. The molecule has 1 aliphatic carbocycles. The number of nitrogens with two attached hydrogens (primary N) is 1. The number of hydrogen-bond acceptors (Lipinski definition) is 8. The molecule has 2 fully saturated rings. The van der Waals surface area contributed by atoms with Crippen molar-refractivity contribution in [2.24, 2.45) is 11.1 Å². The molecule has 5 rings (SSSR count). The molecule has 0 radical (unpaired) electrons. The van der Waals surface area contributed by atoms with Crippen LogP contribution >= 0.6 is 0 Å². The highest BCUT2D eigenvalue weighted by Crippen LogP contribution is 2.55.